The smallest absolute Gasteiger partial charge is 0.227 e. The molecule has 5 rings (SSSR count). The van der Waals surface area contributed by atoms with E-state index in [1.165, 1.54) is 0 Å². The summed E-state index contributed by atoms with van der Waals surface area (Å²) in [6.07, 6.45) is 6.16. The first-order valence-electron chi connectivity index (χ1n) is 11.0. The lowest BCUT2D eigenvalue weighted by molar-refractivity contribution is -0.108. The number of nitrogens with zero attached hydrogens (tertiary/aromatic N) is 6. The van der Waals surface area contributed by atoms with E-state index in [-0.39, 0.29) is 0 Å². The molecule has 174 valence electrons. The number of methoxy groups -OCH3 is 1. The predicted molar refractivity (Wildman–Crippen MR) is 132 cm³/mol. The zero-order valence-electron chi connectivity index (χ0n) is 18.7. The lowest BCUT2D eigenvalue weighted by Gasteiger charge is -2.35. The van der Waals surface area contributed by atoms with Gasteiger partial charge in [0.25, 0.3) is 0 Å². The Morgan fingerprint density at radius 2 is 2.00 bits per heavy atom. The van der Waals surface area contributed by atoms with Crippen molar-refractivity contribution in [1.82, 2.24) is 24.5 Å². The fourth-order valence-electron chi connectivity index (χ4n) is 4.13. The number of ether oxygens (including phenoxy) is 1. The maximum atomic E-state index is 10.8. The molecule has 1 saturated heterocycles. The zero-order chi connectivity index (χ0) is 23.5. The Labute approximate surface area is 201 Å². The highest BCUT2D eigenvalue weighted by atomic mass is 35.5. The number of carbonyl (C=O) groups is 1. The van der Waals surface area contributed by atoms with Crippen LogP contribution in [0.5, 0.6) is 5.75 Å². The molecule has 0 bridgehead atoms. The first-order chi connectivity index (χ1) is 16.7. The molecule has 0 amide bonds. The molecule has 0 saturated carbocycles. The van der Waals surface area contributed by atoms with E-state index in [9.17, 15) is 4.79 Å². The molecule has 1 aliphatic heterocycles. The van der Waals surface area contributed by atoms with E-state index < -0.39 is 0 Å². The summed E-state index contributed by atoms with van der Waals surface area (Å²) in [7, 11) is 1.64. The lowest BCUT2D eigenvalue weighted by atomic mass is 10.2. The largest absolute Gasteiger partial charge is 0.494 e. The number of nitrogens with one attached hydrogen (secondary N) is 1. The third-order valence-electron chi connectivity index (χ3n) is 5.93. The first kappa shape index (κ1) is 22.1. The number of hydrogen-bond donors (Lipinski definition) is 1. The van der Waals surface area contributed by atoms with Gasteiger partial charge in [0.05, 0.1) is 48.0 Å². The maximum absolute atomic E-state index is 10.8. The van der Waals surface area contributed by atoms with Gasteiger partial charge in [0.2, 0.25) is 5.95 Å². The van der Waals surface area contributed by atoms with Gasteiger partial charge in [-0.05, 0) is 24.3 Å². The number of aldehydes is 1. The lowest BCUT2D eigenvalue weighted by Crippen LogP contribution is -2.46. The summed E-state index contributed by atoms with van der Waals surface area (Å²) in [5, 5.41) is 8.08. The number of anilines is 3. The van der Waals surface area contributed by atoms with Crippen molar-refractivity contribution in [2.75, 3.05) is 50.1 Å². The Morgan fingerprint density at radius 3 is 2.79 bits per heavy atom. The Hall–Kier alpha value is -3.69. The van der Waals surface area contributed by atoms with Crippen molar-refractivity contribution >= 4 is 40.7 Å². The summed E-state index contributed by atoms with van der Waals surface area (Å²) >= 11 is 6.44. The van der Waals surface area contributed by atoms with E-state index >= 15 is 0 Å². The molecule has 0 unspecified atom stereocenters. The highest BCUT2D eigenvalue weighted by molar-refractivity contribution is 6.33. The Morgan fingerprint density at radius 1 is 1.15 bits per heavy atom. The molecule has 3 aromatic heterocycles. The minimum atomic E-state index is 0.406. The van der Waals surface area contributed by atoms with Gasteiger partial charge >= 0.3 is 0 Å². The molecular formula is C24H24ClN7O2. The average molecular weight is 478 g/mol. The minimum absolute atomic E-state index is 0.406. The number of hydrogen-bond acceptors (Lipinski definition) is 8. The van der Waals surface area contributed by atoms with E-state index in [4.69, 9.17) is 16.3 Å². The number of benzene rings is 1. The van der Waals surface area contributed by atoms with Gasteiger partial charge in [-0.2, -0.15) is 5.10 Å². The second-order valence-corrected chi connectivity index (χ2v) is 8.35. The summed E-state index contributed by atoms with van der Waals surface area (Å²) < 4.78 is 7.43. The normalized spacial score (nSPS) is 14.4. The van der Waals surface area contributed by atoms with Crippen LogP contribution in [0.4, 0.5) is 17.3 Å². The minimum Gasteiger partial charge on any atom is -0.494 e. The number of rotatable bonds is 7. The van der Waals surface area contributed by atoms with Crippen LogP contribution in [0.2, 0.25) is 5.02 Å². The third-order valence-corrected chi connectivity index (χ3v) is 6.20. The number of fused-ring (bicyclic) bond motifs is 1. The van der Waals surface area contributed by atoms with Gasteiger partial charge in [-0.1, -0.05) is 17.7 Å². The molecule has 4 heterocycles. The van der Waals surface area contributed by atoms with Crippen molar-refractivity contribution in [1.29, 1.82) is 0 Å². The van der Waals surface area contributed by atoms with E-state index in [1.54, 1.807) is 24.0 Å². The zero-order valence-corrected chi connectivity index (χ0v) is 19.4. The van der Waals surface area contributed by atoms with Crippen molar-refractivity contribution in [3.05, 3.63) is 60.0 Å². The summed E-state index contributed by atoms with van der Waals surface area (Å²) in [5.74, 6) is 1.09. The van der Waals surface area contributed by atoms with E-state index in [2.05, 4.69) is 30.2 Å². The van der Waals surface area contributed by atoms with Crippen LogP contribution < -0.4 is 15.0 Å². The standard InChI is InChI=1S/C24H24ClN7O2/c1-34-22-14-17(31-10-8-30(9-11-31)12-13-33)5-6-20(22)28-24-26-16-19(25)23(29-24)18-15-27-32-7-3-2-4-21(18)32/h2-7,13-16H,8-12H2,1H3,(H,26,28,29). The Bertz CT molecular complexity index is 1320. The number of pyridine rings is 1. The van der Waals surface area contributed by atoms with Crippen LogP contribution >= 0.6 is 11.6 Å². The van der Waals surface area contributed by atoms with Crippen molar-refractivity contribution < 1.29 is 9.53 Å². The van der Waals surface area contributed by atoms with Gasteiger partial charge in [-0.3, -0.25) is 4.90 Å². The summed E-state index contributed by atoms with van der Waals surface area (Å²) in [4.78, 5) is 24.2. The third kappa shape index (κ3) is 4.40. The second kappa shape index (κ2) is 9.66. The topological polar surface area (TPSA) is 87.9 Å². The van der Waals surface area contributed by atoms with Crippen molar-refractivity contribution in [3.63, 3.8) is 0 Å². The molecule has 0 radical (unpaired) electrons. The highest BCUT2D eigenvalue weighted by Gasteiger charge is 2.19. The van der Waals surface area contributed by atoms with Crippen LogP contribution in [0.1, 0.15) is 0 Å². The van der Waals surface area contributed by atoms with Gasteiger partial charge in [-0.25, -0.2) is 14.5 Å². The fourth-order valence-corrected chi connectivity index (χ4v) is 4.32. The Balaban J connectivity index is 1.38. The molecule has 1 aliphatic rings. The molecule has 0 spiro atoms. The van der Waals surface area contributed by atoms with Crippen LogP contribution in [0.15, 0.2) is 55.0 Å². The van der Waals surface area contributed by atoms with Crippen LogP contribution in [-0.4, -0.2) is 70.6 Å². The van der Waals surface area contributed by atoms with Crippen LogP contribution in [0, 0.1) is 0 Å². The molecule has 1 N–H and O–H groups in total. The van der Waals surface area contributed by atoms with Gasteiger partial charge in [0.1, 0.15) is 12.0 Å². The fraction of sp³-hybridized carbons (Fsp3) is 0.250. The monoisotopic (exact) mass is 477 g/mol. The molecule has 4 aromatic rings. The van der Waals surface area contributed by atoms with Crippen LogP contribution in [0.25, 0.3) is 16.8 Å². The number of piperazine rings is 1. The summed E-state index contributed by atoms with van der Waals surface area (Å²) in [6, 6.07) is 11.8. The van der Waals surface area contributed by atoms with Gasteiger partial charge < -0.3 is 19.7 Å². The van der Waals surface area contributed by atoms with Crippen molar-refractivity contribution in [2.24, 2.45) is 0 Å². The van der Waals surface area contributed by atoms with Crippen LogP contribution in [0.3, 0.4) is 0 Å². The van der Waals surface area contributed by atoms with Crippen LogP contribution in [-0.2, 0) is 4.79 Å². The van der Waals surface area contributed by atoms with Gasteiger partial charge in [-0.15, -0.1) is 0 Å². The van der Waals surface area contributed by atoms with Gasteiger partial charge in [0.15, 0.2) is 0 Å². The quantitative estimate of drug-likeness (QED) is 0.404. The summed E-state index contributed by atoms with van der Waals surface area (Å²) in [5.41, 5.74) is 4.15. The van der Waals surface area contributed by atoms with Gasteiger partial charge in [0, 0.05) is 49.7 Å². The van der Waals surface area contributed by atoms with E-state index in [1.807, 2.05) is 42.6 Å². The summed E-state index contributed by atoms with van der Waals surface area (Å²) in [6.45, 7) is 3.90. The highest BCUT2D eigenvalue weighted by Crippen LogP contribution is 2.34. The molecule has 1 aromatic carbocycles. The molecule has 0 aliphatic carbocycles. The molecule has 9 nitrogen and oxygen atoms in total. The first-order valence-corrected chi connectivity index (χ1v) is 11.4. The molecule has 10 heteroatoms. The predicted octanol–water partition coefficient (Wildman–Crippen LogP) is 3.52. The van der Waals surface area contributed by atoms with E-state index in [0.29, 0.717) is 29.0 Å². The molecular weight excluding hydrogens is 454 g/mol. The Kier molecular flexibility index (Phi) is 6.29. The van der Waals surface area contributed by atoms with E-state index in [0.717, 1.165) is 54.9 Å². The number of carbonyl (C=O) groups excluding carboxylic acids is 1. The molecule has 0 atom stereocenters. The number of aromatic nitrogens is 4. The SMILES string of the molecule is COc1cc(N2CCN(CC=O)CC2)ccc1Nc1ncc(Cl)c(-c2cnn3ccccc23)n1. The van der Waals surface area contributed by atoms with Crippen molar-refractivity contribution in [2.45, 2.75) is 0 Å². The second-order valence-electron chi connectivity index (χ2n) is 7.94. The number of halogens is 1. The maximum Gasteiger partial charge on any atom is 0.227 e. The molecule has 34 heavy (non-hydrogen) atoms. The van der Waals surface area contributed by atoms with Crippen molar-refractivity contribution in [3.8, 4) is 17.0 Å². The molecule has 1 fully saturated rings. The average Bonchev–Trinajstić information content (AvgIpc) is 3.30.